The van der Waals surface area contributed by atoms with Crippen molar-refractivity contribution in [1.82, 2.24) is 0 Å². The molecule has 2 aromatic carbocycles. The van der Waals surface area contributed by atoms with E-state index in [1.807, 2.05) is 24.3 Å². The molecule has 0 radical (unpaired) electrons. The van der Waals surface area contributed by atoms with Crippen LogP contribution >= 0.6 is 0 Å². The van der Waals surface area contributed by atoms with Crippen molar-refractivity contribution in [1.29, 1.82) is 0 Å². The van der Waals surface area contributed by atoms with Crippen molar-refractivity contribution in [2.24, 2.45) is 0 Å². The Balaban J connectivity index is 1.38. The Morgan fingerprint density at radius 2 is 1.31 bits per heavy atom. The van der Waals surface area contributed by atoms with Gasteiger partial charge in [0, 0.05) is 18.4 Å². The van der Waals surface area contributed by atoms with Gasteiger partial charge in [0.15, 0.2) is 0 Å². The van der Waals surface area contributed by atoms with Gasteiger partial charge in [0.25, 0.3) is 0 Å². The molecule has 0 aromatic heterocycles. The first-order valence-corrected chi connectivity index (χ1v) is 10.1. The van der Waals surface area contributed by atoms with Gasteiger partial charge in [-0.25, -0.2) is 0 Å². The molecule has 0 N–H and O–H groups in total. The lowest BCUT2D eigenvalue weighted by atomic mass is 9.97. The normalized spacial score (nSPS) is 24.1. The Morgan fingerprint density at radius 1 is 0.793 bits per heavy atom. The van der Waals surface area contributed by atoms with Crippen LogP contribution in [0.5, 0.6) is 11.5 Å². The van der Waals surface area contributed by atoms with Crippen LogP contribution in [0.15, 0.2) is 36.4 Å². The second-order valence-electron chi connectivity index (χ2n) is 7.71. The van der Waals surface area contributed by atoms with Gasteiger partial charge in [-0.05, 0) is 41.0 Å². The van der Waals surface area contributed by atoms with Crippen LogP contribution in [0.3, 0.4) is 0 Å². The fraction of sp³-hybridized carbons (Fsp3) is 0.435. The fourth-order valence-electron chi connectivity index (χ4n) is 3.33. The molecule has 3 atom stereocenters. The number of hydrogen-bond donors (Lipinski definition) is 0. The molecule has 0 amide bonds. The van der Waals surface area contributed by atoms with Crippen molar-refractivity contribution in [3.05, 3.63) is 47.5 Å². The Kier molecular flexibility index (Phi) is 5.23. The van der Waals surface area contributed by atoms with Crippen molar-refractivity contribution in [3.8, 4) is 22.6 Å². The summed E-state index contributed by atoms with van der Waals surface area (Å²) in [5.74, 6) is 1.63. The second kappa shape index (κ2) is 8.14. The number of ether oxygens (including phenoxy) is 5. The number of rotatable bonds is 11. The van der Waals surface area contributed by atoms with Crippen LogP contribution in [0.1, 0.15) is 11.1 Å². The van der Waals surface area contributed by atoms with E-state index in [0.29, 0.717) is 19.6 Å². The van der Waals surface area contributed by atoms with Crippen molar-refractivity contribution in [2.45, 2.75) is 31.2 Å². The highest BCUT2D eigenvalue weighted by Gasteiger charge is 2.27. The first kappa shape index (κ1) is 18.6. The molecule has 3 aliphatic rings. The summed E-state index contributed by atoms with van der Waals surface area (Å²) in [6.07, 6.45) is 2.74. The number of benzene rings is 2. The first-order chi connectivity index (χ1) is 14.3. The number of carbonyl (C=O) groups is 1. The van der Waals surface area contributed by atoms with Gasteiger partial charge < -0.3 is 28.5 Å². The molecule has 3 saturated heterocycles. The van der Waals surface area contributed by atoms with Crippen molar-refractivity contribution >= 4 is 6.29 Å². The molecule has 3 unspecified atom stereocenters. The topological polar surface area (TPSA) is 73.1 Å². The summed E-state index contributed by atoms with van der Waals surface area (Å²) >= 11 is 0. The van der Waals surface area contributed by atoms with Crippen LogP contribution in [-0.2, 0) is 31.8 Å². The third-order valence-corrected chi connectivity index (χ3v) is 5.26. The predicted octanol–water partition coefficient (Wildman–Crippen LogP) is 2.59. The zero-order valence-corrected chi connectivity index (χ0v) is 16.2. The molecule has 0 aliphatic carbocycles. The van der Waals surface area contributed by atoms with Gasteiger partial charge in [-0.1, -0.05) is 12.1 Å². The first-order valence-electron chi connectivity index (χ1n) is 10.1. The highest BCUT2D eigenvalue weighted by Crippen LogP contribution is 2.33. The smallest absolute Gasteiger partial charge is 0.124 e. The Bertz CT molecular complexity index is 883. The van der Waals surface area contributed by atoms with Crippen molar-refractivity contribution in [2.75, 3.05) is 33.0 Å². The van der Waals surface area contributed by atoms with Gasteiger partial charge in [-0.3, -0.25) is 0 Å². The third-order valence-electron chi connectivity index (χ3n) is 5.26. The van der Waals surface area contributed by atoms with Crippen LogP contribution < -0.4 is 9.47 Å². The lowest BCUT2D eigenvalue weighted by Gasteiger charge is -2.14. The molecule has 0 bridgehead atoms. The molecule has 152 valence electrons. The van der Waals surface area contributed by atoms with E-state index in [1.165, 1.54) is 0 Å². The third kappa shape index (κ3) is 4.96. The second-order valence-corrected chi connectivity index (χ2v) is 7.71. The van der Waals surface area contributed by atoms with E-state index in [9.17, 15) is 4.79 Å². The maximum Gasteiger partial charge on any atom is 0.124 e. The Labute approximate surface area is 169 Å². The molecular weight excluding hydrogens is 372 g/mol. The zero-order chi connectivity index (χ0) is 19.6. The van der Waals surface area contributed by atoms with E-state index in [1.54, 1.807) is 0 Å². The summed E-state index contributed by atoms with van der Waals surface area (Å²) in [5, 5.41) is 0. The summed E-state index contributed by atoms with van der Waals surface area (Å²) in [6.45, 7) is 3.43. The van der Waals surface area contributed by atoms with Gasteiger partial charge in [-0.2, -0.15) is 0 Å². The summed E-state index contributed by atoms with van der Waals surface area (Å²) in [4.78, 5) is 11.2. The van der Waals surface area contributed by atoms with E-state index in [0.717, 1.165) is 66.3 Å². The van der Waals surface area contributed by atoms with Crippen LogP contribution in [-0.4, -0.2) is 57.6 Å². The summed E-state index contributed by atoms with van der Waals surface area (Å²) in [6, 6.07) is 12.2. The number of hydrogen-bond acceptors (Lipinski definition) is 6. The molecule has 2 aromatic rings. The zero-order valence-electron chi connectivity index (χ0n) is 16.2. The van der Waals surface area contributed by atoms with Crippen LogP contribution in [0.4, 0.5) is 0 Å². The van der Waals surface area contributed by atoms with Crippen LogP contribution in [0.2, 0.25) is 0 Å². The molecule has 6 heteroatoms. The highest BCUT2D eigenvalue weighted by atomic mass is 16.6. The maximum atomic E-state index is 11.2. The van der Waals surface area contributed by atoms with E-state index < -0.39 is 0 Å². The van der Waals surface area contributed by atoms with E-state index >= 15 is 0 Å². The molecule has 29 heavy (non-hydrogen) atoms. The summed E-state index contributed by atoms with van der Waals surface area (Å²) in [5.41, 5.74) is 4.15. The van der Waals surface area contributed by atoms with Gasteiger partial charge in [0.2, 0.25) is 0 Å². The number of aldehydes is 1. The predicted molar refractivity (Wildman–Crippen MR) is 106 cm³/mol. The molecule has 3 fully saturated rings. The highest BCUT2D eigenvalue weighted by molar-refractivity contribution is 5.69. The lowest BCUT2D eigenvalue weighted by Crippen LogP contribution is -2.07. The Morgan fingerprint density at radius 3 is 1.83 bits per heavy atom. The van der Waals surface area contributed by atoms with Gasteiger partial charge >= 0.3 is 0 Å². The van der Waals surface area contributed by atoms with E-state index in [4.69, 9.17) is 23.7 Å². The van der Waals surface area contributed by atoms with Crippen LogP contribution in [0, 0.1) is 0 Å². The van der Waals surface area contributed by atoms with Crippen LogP contribution in [0.25, 0.3) is 11.1 Å². The minimum Gasteiger partial charge on any atom is -0.491 e. The lowest BCUT2D eigenvalue weighted by molar-refractivity contribution is -0.107. The maximum absolute atomic E-state index is 11.2. The minimum absolute atomic E-state index is 0.180. The molecule has 3 aliphatic heterocycles. The van der Waals surface area contributed by atoms with Gasteiger partial charge in [-0.15, -0.1) is 0 Å². The minimum atomic E-state index is 0.180. The summed E-state index contributed by atoms with van der Waals surface area (Å²) < 4.78 is 27.7. The number of epoxide rings is 3. The quantitative estimate of drug-likeness (QED) is 0.429. The fourth-order valence-corrected chi connectivity index (χ4v) is 3.33. The average molecular weight is 396 g/mol. The molecule has 6 nitrogen and oxygen atoms in total. The molecule has 0 spiro atoms. The molecule has 3 heterocycles. The molecular formula is C23H24O6. The van der Waals surface area contributed by atoms with Gasteiger partial charge in [0.05, 0.1) is 25.9 Å². The SMILES string of the molecule is O=CCc1cc(-c2ccc(OCC3CO3)c(CC3CO3)c2)ccc1OCC1CO1. The summed E-state index contributed by atoms with van der Waals surface area (Å²) in [7, 11) is 0. The number of carbonyl (C=O) groups excluding carboxylic acids is 1. The van der Waals surface area contributed by atoms with E-state index in [2.05, 4.69) is 12.1 Å². The molecule has 0 saturated carbocycles. The van der Waals surface area contributed by atoms with Crippen molar-refractivity contribution < 1.29 is 28.5 Å². The van der Waals surface area contributed by atoms with Gasteiger partial charge in [0.1, 0.15) is 43.2 Å². The van der Waals surface area contributed by atoms with Crippen molar-refractivity contribution in [3.63, 3.8) is 0 Å². The standard InChI is InChI=1S/C23H24O6/c24-6-5-17-7-15(1-3-22(17)28-13-20-11-26-20)16-2-4-23(29-14-21-12-27-21)18(8-16)9-19-10-25-19/h1-4,6-8,19-21H,5,9-14H2. The van der Waals surface area contributed by atoms with E-state index in [-0.39, 0.29) is 18.3 Å². The molecule has 5 rings (SSSR count). The Hall–Kier alpha value is -2.41. The average Bonchev–Trinajstić information content (AvgIpc) is 3.58. The monoisotopic (exact) mass is 396 g/mol. The largest absolute Gasteiger partial charge is 0.491 e.